The largest absolute Gasteiger partial charge is 0.352 e. The summed E-state index contributed by atoms with van der Waals surface area (Å²) in [6.07, 6.45) is 4.97. The minimum atomic E-state index is 0.208. The van der Waals surface area contributed by atoms with Gasteiger partial charge in [0.2, 0.25) is 5.91 Å². The van der Waals surface area contributed by atoms with Crippen LogP contribution in [0.2, 0.25) is 0 Å². The molecular weight excluding hydrogens is 214 g/mol. The summed E-state index contributed by atoms with van der Waals surface area (Å²) in [4.78, 5) is 14.1. The number of rotatable bonds is 6. The lowest BCUT2D eigenvalue weighted by atomic mass is 10.1. The monoisotopic (exact) mass is 239 g/mol. The van der Waals surface area contributed by atoms with Crippen LogP contribution in [0.15, 0.2) is 0 Å². The van der Waals surface area contributed by atoms with Gasteiger partial charge >= 0.3 is 0 Å². The molecule has 2 rings (SSSR count). The lowest BCUT2D eigenvalue weighted by Gasteiger charge is -2.27. The number of nitrogens with zero attached hydrogens (tertiary/aromatic N) is 1. The normalized spacial score (nSPS) is 23.4. The summed E-state index contributed by atoms with van der Waals surface area (Å²) in [6, 6.07) is 0.401. The second-order valence-corrected chi connectivity index (χ2v) is 5.38. The average molecular weight is 239 g/mol. The van der Waals surface area contributed by atoms with Crippen molar-refractivity contribution >= 4 is 5.91 Å². The molecule has 4 heteroatoms. The summed E-state index contributed by atoms with van der Waals surface area (Å²) in [5.74, 6) is 1.10. The zero-order valence-corrected chi connectivity index (χ0v) is 10.9. The Morgan fingerprint density at radius 3 is 2.71 bits per heavy atom. The van der Waals surface area contributed by atoms with E-state index in [2.05, 4.69) is 22.5 Å². The number of nitrogens with one attached hydrogen (secondary N) is 2. The lowest BCUT2D eigenvalue weighted by Crippen LogP contribution is -2.49. The third-order valence-corrected chi connectivity index (χ3v) is 3.75. The van der Waals surface area contributed by atoms with Crippen LogP contribution in [0, 0.1) is 5.92 Å². The van der Waals surface area contributed by atoms with Gasteiger partial charge in [-0.05, 0) is 18.8 Å². The number of hydrogen-bond donors (Lipinski definition) is 2. The first-order valence-electron chi connectivity index (χ1n) is 7.00. The first kappa shape index (κ1) is 12.8. The maximum absolute atomic E-state index is 11.9. The van der Waals surface area contributed by atoms with E-state index in [1.165, 1.54) is 19.3 Å². The van der Waals surface area contributed by atoms with E-state index in [0.29, 0.717) is 12.6 Å². The first-order valence-corrected chi connectivity index (χ1v) is 7.00. The van der Waals surface area contributed by atoms with Gasteiger partial charge in [0.05, 0.1) is 6.54 Å². The second kappa shape index (κ2) is 6.36. The van der Waals surface area contributed by atoms with Crippen LogP contribution >= 0.6 is 0 Å². The SMILES string of the molecule is CCC(CC1CC1)NC(=O)CN1CCNCC1. The van der Waals surface area contributed by atoms with E-state index in [1.54, 1.807) is 0 Å². The fraction of sp³-hybridized carbons (Fsp3) is 0.923. The molecule has 1 heterocycles. The molecule has 1 atom stereocenters. The molecule has 2 N–H and O–H groups in total. The van der Waals surface area contributed by atoms with Crippen LogP contribution in [0.25, 0.3) is 0 Å². The summed E-state index contributed by atoms with van der Waals surface area (Å²) in [5, 5.41) is 6.49. The van der Waals surface area contributed by atoms with E-state index in [1.807, 2.05) is 0 Å². The molecular formula is C13H25N3O. The molecule has 2 aliphatic rings. The summed E-state index contributed by atoms with van der Waals surface area (Å²) in [6.45, 7) is 6.74. The highest BCUT2D eigenvalue weighted by molar-refractivity contribution is 5.78. The smallest absolute Gasteiger partial charge is 0.234 e. The van der Waals surface area contributed by atoms with Gasteiger partial charge in [0.1, 0.15) is 0 Å². The van der Waals surface area contributed by atoms with Crippen LogP contribution in [-0.2, 0) is 4.79 Å². The summed E-state index contributed by atoms with van der Waals surface area (Å²) in [5.41, 5.74) is 0. The number of carbonyl (C=O) groups is 1. The Bertz CT molecular complexity index is 247. The minimum Gasteiger partial charge on any atom is -0.352 e. The standard InChI is InChI=1S/C13H25N3O/c1-2-12(9-11-3-4-11)15-13(17)10-16-7-5-14-6-8-16/h11-12,14H,2-10H2,1H3,(H,15,17). The molecule has 1 amide bonds. The van der Waals surface area contributed by atoms with Crippen LogP contribution < -0.4 is 10.6 Å². The van der Waals surface area contributed by atoms with Crippen molar-refractivity contribution in [1.29, 1.82) is 0 Å². The van der Waals surface area contributed by atoms with Gasteiger partial charge in [-0.1, -0.05) is 19.8 Å². The van der Waals surface area contributed by atoms with Gasteiger partial charge in [0.15, 0.2) is 0 Å². The van der Waals surface area contributed by atoms with Crippen molar-refractivity contribution in [2.75, 3.05) is 32.7 Å². The van der Waals surface area contributed by atoms with Gasteiger partial charge in [0.25, 0.3) is 0 Å². The quantitative estimate of drug-likeness (QED) is 0.713. The Kier molecular flexibility index (Phi) is 4.80. The molecule has 1 saturated carbocycles. The summed E-state index contributed by atoms with van der Waals surface area (Å²) < 4.78 is 0. The molecule has 2 fully saturated rings. The van der Waals surface area contributed by atoms with Gasteiger partial charge < -0.3 is 10.6 Å². The maximum Gasteiger partial charge on any atom is 0.234 e. The number of piperazine rings is 1. The average Bonchev–Trinajstić information content (AvgIpc) is 3.13. The molecule has 0 aromatic carbocycles. The van der Waals surface area contributed by atoms with E-state index >= 15 is 0 Å². The molecule has 0 radical (unpaired) electrons. The fourth-order valence-corrected chi connectivity index (χ4v) is 2.43. The first-order chi connectivity index (χ1) is 8.28. The summed E-state index contributed by atoms with van der Waals surface area (Å²) in [7, 11) is 0. The zero-order chi connectivity index (χ0) is 12.1. The van der Waals surface area contributed by atoms with Crippen molar-refractivity contribution < 1.29 is 4.79 Å². The Balaban J connectivity index is 1.66. The van der Waals surface area contributed by atoms with Crippen molar-refractivity contribution in [1.82, 2.24) is 15.5 Å². The summed E-state index contributed by atoms with van der Waals surface area (Å²) >= 11 is 0. The molecule has 1 saturated heterocycles. The third kappa shape index (κ3) is 4.64. The van der Waals surface area contributed by atoms with E-state index in [4.69, 9.17) is 0 Å². The highest BCUT2D eigenvalue weighted by atomic mass is 16.2. The molecule has 0 aromatic rings. The van der Waals surface area contributed by atoms with Crippen LogP contribution in [0.5, 0.6) is 0 Å². The van der Waals surface area contributed by atoms with Gasteiger partial charge in [0, 0.05) is 32.2 Å². The lowest BCUT2D eigenvalue weighted by molar-refractivity contribution is -0.123. The van der Waals surface area contributed by atoms with Crippen LogP contribution in [-0.4, -0.2) is 49.6 Å². The Morgan fingerprint density at radius 2 is 2.12 bits per heavy atom. The molecule has 1 unspecified atom stereocenters. The van der Waals surface area contributed by atoms with Crippen molar-refractivity contribution in [3.05, 3.63) is 0 Å². The zero-order valence-electron chi connectivity index (χ0n) is 10.9. The van der Waals surface area contributed by atoms with Gasteiger partial charge in [-0.3, -0.25) is 9.69 Å². The molecule has 17 heavy (non-hydrogen) atoms. The highest BCUT2D eigenvalue weighted by Crippen LogP contribution is 2.33. The predicted octanol–water partition coefficient (Wildman–Crippen LogP) is 0.587. The Labute approximate surface area is 104 Å². The van der Waals surface area contributed by atoms with Gasteiger partial charge in [-0.15, -0.1) is 0 Å². The van der Waals surface area contributed by atoms with Crippen LogP contribution in [0.4, 0.5) is 0 Å². The Hall–Kier alpha value is -0.610. The van der Waals surface area contributed by atoms with Gasteiger partial charge in [-0.2, -0.15) is 0 Å². The number of amides is 1. The fourth-order valence-electron chi connectivity index (χ4n) is 2.43. The van der Waals surface area contributed by atoms with Gasteiger partial charge in [-0.25, -0.2) is 0 Å². The molecule has 0 aromatic heterocycles. The van der Waals surface area contributed by atoms with Crippen molar-refractivity contribution in [3.63, 3.8) is 0 Å². The third-order valence-electron chi connectivity index (χ3n) is 3.75. The van der Waals surface area contributed by atoms with Crippen molar-refractivity contribution in [2.24, 2.45) is 5.92 Å². The molecule has 1 aliphatic heterocycles. The maximum atomic E-state index is 11.9. The minimum absolute atomic E-state index is 0.208. The van der Waals surface area contributed by atoms with E-state index < -0.39 is 0 Å². The molecule has 1 aliphatic carbocycles. The van der Waals surface area contributed by atoms with E-state index in [0.717, 1.165) is 38.5 Å². The van der Waals surface area contributed by atoms with Crippen LogP contribution in [0.3, 0.4) is 0 Å². The molecule has 0 bridgehead atoms. The topological polar surface area (TPSA) is 44.4 Å². The predicted molar refractivity (Wildman–Crippen MR) is 68.9 cm³/mol. The van der Waals surface area contributed by atoms with E-state index in [9.17, 15) is 4.79 Å². The van der Waals surface area contributed by atoms with Crippen molar-refractivity contribution in [3.8, 4) is 0 Å². The molecule has 0 spiro atoms. The number of carbonyl (C=O) groups excluding carboxylic acids is 1. The van der Waals surface area contributed by atoms with Crippen molar-refractivity contribution in [2.45, 2.75) is 38.6 Å². The number of hydrogen-bond acceptors (Lipinski definition) is 3. The molecule has 98 valence electrons. The Morgan fingerprint density at radius 1 is 1.41 bits per heavy atom. The molecule has 4 nitrogen and oxygen atoms in total. The van der Waals surface area contributed by atoms with E-state index in [-0.39, 0.29) is 5.91 Å². The highest BCUT2D eigenvalue weighted by Gasteiger charge is 2.25. The van der Waals surface area contributed by atoms with Crippen LogP contribution in [0.1, 0.15) is 32.6 Å². The second-order valence-electron chi connectivity index (χ2n) is 5.38.